The maximum absolute atomic E-state index is 8.92. The molecule has 0 aliphatic carbocycles. The smallest absolute Gasteiger partial charge is 0.210 e. The quantitative estimate of drug-likeness (QED) is 0.914. The molecule has 0 bridgehead atoms. The molecule has 2 rings (SSSR count). The lowest BCUT2D eigenvalue weighted by molar-refractivity contribution is 0.416. The fourth-order valence-corrected chi connectivity index (χ4v) is 2.05. The van der Waals surface area contributed by atoms with E-state index in [9.17, 15) is 0 Å². The Morgan fingerprint density at radius 1 is 1.37 bits per heavy atom. The molecular weight excluding hydrogens is 238 g/mol. The van der Waals surface area contributed by atoms with Crippen molar-refractivity contribution in [3.63, 3.8) is 0 Å². The monoisotopic (exact) mass is 255 g/mol. The molecule has 0 unspecified atom stereocenters. The van der Waals surface area contributed by atoms with E-state index in [2.05, 4.69) is 35.9 Å². The molecule has 0 aliphatic rings. The van der Waals surface area contributed by atoms with Crippen LogP contribution in [0, 0.1) is 18.3 Å². The van der Waals surface area contributed by atoms with Gasteiger partial charge in [0, 0.05) is 11.3 Å². The molecule has 1 heterocycles. The molecule has 2 aromatic rings. The summed E-state index contributed by atoms with van der Waals surface area (Å²) in [6.45, 7) is 6.19. The van der Waals surface area contributed by atoms with Gasteiger partial charge in [-0.25, -0.2) is 4.98 Å². The second kappa shape index (κ2) is 5.15. The molecule has 0 aliphatic heterocycles. The van der Waals surface area contributed by atoms with Crippen LogP contribution in [0.1, 0.15) is 36.8 Å². The van der Waals surface area contributed by atoms with Crippen molar-refractivity contribution in [2.45, 2.75) is 26.7 Å². The molecule has 98 valence electrons. The minimum absolute atomic E-state index is 0.324. The summed E-state index contributed by atoms with van der Waals surface area (Å²) in [5.41, 5.74) is 3.78. The normalized spacial score (nSPS) is 10.5. The highest BCUT2D eigenvalue weighted by Gasteiger charge is 2.15. The van der Waals surface area contributed by atoms with Gasteiger partial charge < -0.3 is 9.72 Å². The van der Waals surface area contributed by atoms with Crippen molar-refractivity contribution in [1.82, 2.24) is 9.97 Å². The van der Waals surface area contributed by atoms with Gasteiger partial charge in [0.1, 0.15) is 11.8 Å². The van der Waals surface area contributed by atoms with Crippen molar-refractivity contribution in [2.75, 3.05) is 7.11 Å². The van der Waals surface area contributed by atoms with Crippen LogP contribution in [0.15, 0.2) is 18.2 Å². The molecule has 4 heteroatoms. The van der Waals surface area contributed by atoms with Gasteiger partial charge in [-0.1, -0.05) is 19.9 Å². The first-order valence-electron chi connectivity index (χ1n) is 6.21. The fourth-order valence-electron chi connectivity index (χ4n) is 2.05. The van der Waals surface area contributed by atoms with Crippen LogP contribution < -0.4 is 4.74 Å². The first kappa shape index (κ1) is 13.2. The maximum atomic E-state index is 8.92. The van der Waals surface area contributed by atoms with Gasteiger partial charge in [0.05, 0.1) is 12.8 Å². The largest absolute Gasteiger partial charge is 0.496 e. The third-order valence-electron chi connectivity index (χ3n) is 3.14. The van der Waals surface area contributed by atoms with Crippen LogP contribution >= 0.6 is 0 Å². The van der Waals surface area contributed by atoms with Crippen LogP contribution in [0.5, 0.6) is 5.75 Å². The summed E-state index contributed by atoms with van der Waals surface area (Å²) < 4.78 is 5.40. The van der Waals surface area contributed by atoms with E-state index < -0.39 is 0 Å². The minimum atomic E-state index is 0.324. The highest BCUT2D eigenvalue weighted by Crippen LogP contribution is 2.33. The number of aryl methyl sites for hydroxylation is 1. The number of ether oxygens (including phenoxy) is 1. The number of H-pyrrole nitrogens is 1. The zero-order valence-corrected chi connectivity index (χ0v) is 11.6. The molecule has 0 radical (unpaired) electrons. The molecule has 19 heavy (non-hydrogen) atoms. The third kappa shape index (κ3) is 2.45. The summed E-state index contributed by atoms with van der Waals surface area (Å²) in [4.78, 5) is 7.28. The number of benzene rings is 1. The second-order valence-electron chi connectivity index (χ2n) is 4.79. The lowest BCUT2D eigenvalue weighted by Gasteiger charge is -2.11. The van der Waals surface area contributed by atoms with Crippen molar-refractivity contribution in [3.8, 4) is 23.1 Å². The lowest BCUT2D eigenvalue weighted by Crippen LogP contribution is -1.94. The number of nitrogens with zero attached hydrogens (tertiary/aromatic N) is 2. The van der Waals surface area contributed by atoms with Gasteiger partial charge in [-0.05, 0) is 30.5 Å². The number of imidazole rings is 1. The van der Waals surface area contributed by atoms with Gasteiger partial charge in [-0.2, -0.15) is 5.26 Å². The summed E-state index contributed by atoms with van der Waals surface area (Å²) in [6, 6.07) is 8.11. The van der Waals surface area contributed by atoms with E-state index in [0.29, 0.717) is 11.7 Å². The molecular formula is C15H17N3O. The fraction of sp³-hybridized carbons (Fsp3) is 0.333. The molecule has 0 atom stereocenters. The highest BCUT2D eigenvalue weighted by molar-refractivity contribution is 5.70. The van der Waals surface area contributed by atoms with Gasteiger partial charge in [-0.3, -0.25) is 0 Å². The van der Waals surface area contributed by atoms with Crippen molar-refractivity contribution < 1.29 is 4.74 Å². The van der Waals surface area contributed by atoms with Gasteiger partial charge in [0.25, 0.3) is 0 Å². The number of methoxy groups -OCH3 is 1. The molecule has 1 aromatic carbocycles. The van der Waals surface area contributed by atoms with Crippen molar-refractivity contribution in [2.24, 2.45) is 0 Å². The first-order valence-corrected chi connectivity index (χ1v) is 6.21. The number of aromatic nitrogens is 2. The van der Waals surface area contributed by atoms with E-state index in [1.165, 1.54) is 5.56 Å². The van der Waals surface area contributed by atoms with E-state index in [1.807, 2.05) is 19.1 Å². The number of aromatic amines is 1. The molecule has 0 spiro atoms. The van der Waals surface area contributed by atoms with Crippen molar-refractivity contribution in [1.29, 1.82) is 5.26 Å². The van der Waals surface area contributed by atoms with Crippen LogP contribution in [-0.4, -0.2) is 17.1 Å². The molecule has 4 nitrogen and oxygen atoms in total. The van der Waals surface area contributed by atoms with Crippen LogP contribution in [-0.2, 0) is 0 Å². The van der Waals surface area contributed by atoms with Gasteiger partial charge in [0.2, 0.25) is 5.82 Å². The van der Waals surface area contributed by atoms with E-state index in [4.69, 9.17) is 10.00 Å². The molecule has 0 fully saturated rings. The van der Waals surface area contributed by atoms with Crippen molar-refractivity contribution >= 4 is 0 Å². The average Bonchev–Trinajstić information content (AvgIpc) is 2.79. The number of rotatable bonds is 3. The molecule has 1 N–H and O–H groups in total. The lowest BCUT2D eigenvalue weighted by atomic mass is 9.98. The molecule has 1 aromatic heterocycles. The van der Waals surface area contributed by atoms with Gasteiger partial charge in [-0.15, -0.1) is 0 Å². The molecule has 0 saturated carbocycles. The Hall–Kier alpha value is -2.28. The summed E-state index contributed by atoms with van der Waals surface area (Å²) in [5, 5.41) is 8.92. The topological polar surface area (TPSA) is 61.7 Å². The summed E-state index contributed by atoms with van der Waals surface area (Å²) in [6.07, 6.45) is 0. The van der Waals surface area contributed by atoms with Crippen LogP contribution in [0.25, 0.3) is 11.3 Å². The number of nitriles is 1. The van der Waals surface area contributed by atoms with Crippen LogP contribution in [0.4, 0.5) is 0 Å². The minimum Gasteiger partial charge on any atom is -0.496 e. The number of hydrogen-bond donors (Lipinski definition) is 1. The van der Waals surface area contributed by atoms with Gasteiger partial charge in [0.15, 0.2) is 0 Å². The Balaban J connectivity index is 2.61. The maximum Gasteiger partial charge on any atom is 0.210 e. The summed E-state index contributed by atoms with van der Waals surface area (Å²) in [5.74, 6) is 1.52. The summed E-state index contributed by atoms with van der Waals surface area (Å²) >= 11 is 0. The highest BCUT2D eigenvalue weighted by atomic mass is 16.5. The predicted molar refractivity (Wildman–Crippen MR) is 74.1 cm³/mol. The summed E-state index contributed by atoms with van der Waals surface area (Å²) in [7, 11) is 1.64. The SMILES string of the molecule is COc1ccc(C(C)C)cc1-c1nc(C#N)[nH]c1C. The zero-order chi connectivity index (χ0) is 14.0. The Morgan fingerprint density at radius 3 is 2.63 bits per heavy atom. The zero-order valence-electron chi connectivity index (χ0n) is 11.6. The van der Waals surface area contributed by atoms with Gasteiger partial charge >= 0.3 is 0 Å². The third-order valence-corrected chi connectivity index (χ3v) is 3.14. The Morgan fingerprint density at radius 2 is 2.11 bits per heavy atom. The molecule has 0 amide bonds. The number of nitrogens with one attached hydrogen (secondary N) is 1. The second-order valence-corrected chi connectivity index (χ2v) is 4.79. The number of hydrogen-bond acceptors (Lipinski definition) is 3. The Bertz CT molecular complexity index is 635. The van der Waals surface area contributed by atoms with Crippen molar-refractivity contribution in [3.05, 3.63) is 35.3 Å². The van der Waals surface area contributed by atoms with Crippen LogP contribution in [0.3, 0.4) is 0 Å². The van der Waals surface area contributed by atoms with E-state index in [0.717, 1.165) is 22.7 Å². The van der Waals surface area contributed by atoms with E-state index >= 15 is 0 Å². The first-order chi connectivity index (χ1) is 9.06. The standard InChI is InChI=1S/C15H17N3O/c1-9(2)11-5-6-13(19-4)12(7-11)15-10(3)17-14(8-16)18-15/h5-7,9H,1-4H3,(H,17,18). The molecule has 0 saturated heterocycles. The van der Waals surface area contributed by atoms with E-state index in [-0.39, 0.29) is 0 Å². The Labute approximate surface area is 113 Å². The Kier molecular flexibility index (Phi) is 3.57. The average molecular weight is 255 g/mol. The van der Waals surface area contributed by atoms with Crippen LogP contribution in [0.2, 0.25) is 0 Å². The predicted octanol–water partition coefficient (Wildman–Crippen LogP) is 3.39. The van der Waals surface area contributed by atoms with E-state index in [1.54, 1.807) is 7.11 Å².